The van der Waals surface area contributed by atoms with Gasteiger partial charge in [0.15, 0.2) is 0 Å². The van der Waals surface area contributed by atoms with E-state index in [1.807, 2.05) is 6.92 Å². The Labute approximate surface area is 340 Å². The molecule has 0 radical (unpaired) electrons. The maximum Gasteiger partial charge on any atom is 0.325 e. The van der Waals surface area contributed by atoms with Gasteiger partial charge in [-0.05, 0) is 130 Å². The van der Waals surface area contributed by atoms with Gasteiger partial charge in [-0.15, -0.1) is 0 Å². The van der Waals surface area contributed by atoms with Crippen LogP contribution in [0.5, 0.6) is 0 Å². The van der Waals surface area contributed by atoms with E-state index in [1.54, 1.807) is 5.57 Å². The molecule has 0 bridgehead atoms. The maximum atomic E-state index is 14.5. The van der Waals surface area contributed by atoms with E-state index in [2.05, 4.69) is 65.2 Å². The van der Waals surface area contributed by atoms with E-state index in [9.17, 15) is 19.2 Å². The minimum Gasteiger partial charge on any atom is -0.480 e. The van der Waals surface area contributed by atoms with Crippen molar-refractivity contribution in [1.82, 2.24) is 10.6 Å². The summed E-state index contributed by atoms with van der Waals surface area (Å²) in [4.78, 5) is 50.0. The second-order valence-corrected chi connectivity index (χ2v) is 21.4. The summed E-state index contributed by atoms with van der Waals surface area (Å²) in [6.45, 7) is 21.7. The first kappa shape index (κ1) is 44.7. The highest BCUT2D eigenvalue weighted by atomic mass is 16.5. The zero-order valence-corrected chi connectivity index (χ0v) is 37.0. The molecule has 9 atom stereocenters. The summed E-state index contributed by atoms with van der Waals surface area (Å²) in [5, 5.41) is 15.0. The molecule has 3 N–H and O–H groups in total. The second-order valence-electron chi connectivity index (χ2n) is 21.4. The third kappa shape index (κ3) is 8.66. The first-order valence-electron chi connectivity index (χ1n) is 23.0. The molecule has 0 spiro atoms. The summed E-state index contributed by atoms with van der Waals surface area (Å²) in [5.41, 5.74) is 1.91. The molecule has 0 saturated heterocycles. The molecular formula is C48H80N2O6. The van der Waals surface area contributed by atoms with Gasteiger partial charge in [0.1, 0.15) is 12.1 Å². The van der Waals surface area contributed by atoms with Gasteiger partial charge in [0, 0.05) is 24.8 Å². The second kappa shape index (κ2) is 17.5. The van der Waals surface area contributed by atoms with Crippen molar-refractivity contribution in [2.24, 2.45) is 50.2 Å². The van der Waals surface area contributed by atoms with Crippen molar-refractivity contribution in [1.29, 1.82) is 0 Å². The topological polar surface area (TPSA) is 122 Å². The van der Waals surface area contributed by atoms with Crippen molar-refractivity contribution >= 4 is 23.8 Å². The van der Waals surface area contributed by atoms with E-state index in [0.29, 0.717) is 36.5 Å². The average Bonchev–Trinajstić information content (AvgIpc) is 3.11. The smallest absolute Gasteiger partial charge is 0.325 e. The summed E-state index contributed by atoms with van der Waals surface area (Å²) in [7, 11) is 0. The number of ether oxygens (including phenoxy) is 1. The number of esters is 1. The SMILES string of the molecule is CCCC(=O)O[C@H]1CC[C@]2(C)[C@H]3CC=C4[C@@H]5CC(C)(C)CC[C@]5(C(=O)NCCCCCCCCCCC(=O)N[C@@H](C)C(=O)O)CC[C@@]4(C)[C@]3(C)CC[C@H]2C1(C)C. The molecule has 5 aliphatic carbocycles. The van der Waals surface area contributed by atoms with Crippen molar-refractivity contribution in [3.8, 4) is 0 Å². The van der Waals surface area contributed by atoms with E-state index in [1.165, 1.54) is 19.8 Å². The summed E-state index contributed by atoms with van der Waals surface area (Å²) < 4.78 is 6.20. The lowest BCUT2D eigenvalue weighted by molar-refractivity contribution is -0.213. The van der Waals surface area contributed by atoms with Gasteiger partial charge in [0.05, 0.1) is 5.41 Å². The zero-order valence-electron chi connectivity index (χ0n) is 37.0. The minimum absolute atomic E-state index is 0.00551. The largest absolute Gasteiger partial charge is 0.480 e. The maximum absolute atomic E-state index is 14.5. The van der Waals surface area contributed by atoms with E-state index < -0.39 is 12.0 Å². The fraction of sp³-hybridized carbons (Fsp3) is 0.875. The number of rotatable bonds is 17. The van der Waals surface area contributed by atoms with Crippen molar-refractivity contribution in [2.45, 2.75) is 209 Å². The van der Waals surface area contributed by atoms with E-state index in [4.69, 9.17) is 9.84 Å². The zero-order chi connectivity index (χ0) is 41.2. The normalized spacial score (nSPS) is 36.0. The number of aliphatic carboxylic acids is 1. The third-order valence-corrected chi connectivity index (χ3v) is 17.1. The van der Waals surface area contributed by atoms with Gasteiger partial charge in [-0.1, -0.05) is 106 Å². The molecule has 5 rings (SSSR count). The van der Waals surface area contributed by atoms with Crippen LogP contribution in [-0.2, 0) is 23.9 Å². The van der Waals surface area contributed by atoms with Crippen molar-refractivity contribution in [2.75, 3.05) is 6.54 Å². The minimum atomic E-state index is -1.01. The summed E-state index contributed by atoms with van der Waals surface area (Å²) in [6, 6.07) is -0.840. The molecule has 0 aromatic carbocycles. The number of carboxylic acid groups (broad SMARTS) is 1. The molecule has 2 amide bonds. The number of carboxylic acids is 1. The Hall–Kier alpha value is -2.38. The average molecular weight is 781 g/mol. The van der Waals surface area contributed by atoms with Gasteiger partial charge < -0.3 is 20.5 Å². The van der Waals surface area contributed by atoms with Crippen LogP contribution in [0.1, 0.15) is 197 Å². The van der Waals surface area contributed by atoms with Crippen LogP contribution < -0.4 is 10.6 Å². The lowest BCUT2D eigenvalue weighted by Crippen LogP contribution is -2.65. The van der Waals surface area contributed by atoms with Crippen LogP contribution in [0.3, 0.4) is 0 Å². The monoisotopic (exact) mass is 781 g/mol. The van der Waals surface area contributed by atoms with E-state index in [-0.39, 0.29) is 50.5 Å². The molecule has 8 heteroatoms. The Morgan fingerprint density at radius 2 is 1.45 bits per heavy atom. The lowest BCUT2D eigenvalue weighted by atomic mass is 9.33. The Morgan fingerprint density at radius 1 is 0.804 bits per heavy atom. The third-order valence-electron chi connectivity index (χ3n) is 17.1. The molecular weight excluding hydrogens is 701 g/mol. The highest BCUT2D eigenvalue weighted by Crippen LogP contribution is 2.76. The Bertz CT molecular complexity index is 1470. The van der Waals surface area contributed by atoms with Crippen LogP contribution >= 0.6 is 0 Å². The molecule has 4 fully saturated rings. The highest BCUT2D eigenvalue weighted by Gasteiger charge is 2.69. The van der Waals surface area contributed by atoms with Crippen molar-refractivity contribution in [3.63, 3.8) is 0 Å². The lowest BCUT2D eigenvalue weighted by Gasteiger charge is -2.71. The van der Waals surface area contributed by atoms with E-state index >= 15 is 0 Å². The molecule has 56 heavy (non-hydrogen) atoms. The Kier molecular flexibility index (Phi) is 13.9. The standard InChI is InChI=1S/C48H80N2O6/c1-10-19-40(52)56-38-24-25-45(7)36(44(38,5)6)23-26-47(9)37(45)22-21-34-35-32-43(3,4)27-29-48(35,30-28-46(34,47)8)42(55)49-31-18-16-14-12-11-13-15-17-20-39(51)50-33(2)41(53)54/h21,33,35-38H,10-20,22-32H2,1-9H3,(H,49,55)(H,50,51)(H,53,54)/t33-,35-,36-,37+,38-,45-,46+,47+,48-/m0/s1. The summed E-state index contributed by atoms with van der Waals surface area (Å²) in [5.74, 6) is 0.472. The number of hydrogen-bond donors (Lipinski definition) is 3. The van der Waals surface area contributed by atoms with Gasteiger partial charge in [-0.25, -0.2) is 0 Å². The van der Waals surface area contributed by atoms with Crippen molar-refractivity contribution in [3.05, 3.63) is 11.6 Å². The number of carbonyl (C=O) groups is 4. The van der Waals surface area contributed by atoms with Gasteiger partial charge in [0.2, 0.25) is 11.8 Å². The predicted octanol–water partition coefficient (Wildman–Crippen LogP) is 10.7. The van der Waals surface area contributed by atoms with Crippen LogP contribution in [-0.4, -0.2) is 47.6 Å². The summed E-state index contributed by atoms with van der Waals surface area (Å²) >= 11 is 0. The molecule has 0 aliphatic heterocycles. The number of nitrogens with one attached hydrogen (secondary N) is 2. The number of fused-ring (bicyclic) bond motifs is 7. The van der Waals surface area contributed by atoms with Crippen LogP contribution in [0.25, 0.3) is 0 Å². The molecule has 0 heterocycles. The Balaban J connectivity index is 1.17. The molecule has 0 unspecified atom stereocenters. The Morgan fingerprint density at radius 3 is 2.11 bits per heavy atom. The van der Waals surface area contributed by atoms with Crippen LogP contribution in [0.2, 0.25) is 0 Å². The number of unbranched alkanes of at least 4 members (excludes halogenated alkanes) is 7. The van der Waals surface area contributed by atoms with E-state index in [0.717, 1.165) is 116 Å². The highest BCUT2D eigenvalue weighted by molar-refractivity contribution is 5.84. The van der Waals surface area contributed by atoms with Crippen LogP contribution in [0.4, 0.5) is 0 Å². The first-order valence-corrected chi connectivity index (χ1v) is 23.0. The number of allylic oxidation sites excluding steroid dienone is 2. The molecule has 8 nitrogen and oxygen atoms in total. The van der Waals surface area contributed by atoms with Crippen LogP contribution in [0.15, 0.2) is 11.6 Å². The van der Waals surface area contributed by atoms with Crippen molar-refractivity contribution < 1.29 is 29.0 Å². The number of carbonyl (C=O) groups excluding carboxylic acids is 3. The van der Waals surface area contributed by atoms with Crippen LogP contribution in [0, 0.1) is 50.2 Å². The van der Waals surface area contributed by atoms with Gasteiger partial charge in [-0.2, -0.15) is 0 Å². The quantitative estimate of drug-likeness (QED) is 0.0767. The number of hydrogen-bond acceptors (Lipinski definition) is 5. The molecule has 5 aliphatic rings. The van der Waals surface area contributed by atoms with Gasteiger partial charge in [0.25, 0.3) is 0 Å². The fourth-order valence-electron chi connectivity index (χ4n) is 13.5. The summed E-state index contributed by atoms with van der Waals surface area (Å²) in [6.07, 6.45) is 23.6. The molecule has 318 valence electrons. The van der Waals surface area contributed by atoms with Gasteiger partial charge >= 0.3 is 11.9 Å². The van der Waals surface area contributed by atoms with Gasteiger partial charge in [-0.3, -0.25) is 19.2 Å². The molecule has 0 aromatic heterocycles. The first-order chi connectivity index (χ1) is 26.3. The predicted molar refractivity (Wildman–Crippen MR) is 224 cm³/mol. The molecule has 0 aromatic rings. The molecule has 4 saturated carbocycles. The fourth-order valence-corrected chi connectivity index (χ4v) is 13.5. The number of amides is 2.